The number of hydrogen-bond donors (Lipinski definition) is 0. The summed E-state index contributed by atoms with van der Waals surface area (Å²) in [5.41, 5.74) is 0.292. The standard InChI is InChI=1S/C31H52O5Si2/c1-8-37(9-2,10-3)35-24-17-22-14-15-25-27(16-21(7)30(25)36-38(11-4,12-5)13-6)26(22)20-28-29(32)19-23(18-24)34-31(28)33/h14-15,20-27,30H,8-13,16-19H2,1-7H3/b28-20-/t21-,22+,23+,24+,25-,26-,27-,30-/m0/s1. The number of hydrogen-bond acceptors (Lipinski definition) is 5. The van der Waals surface area contributed by atoms with Crippen molar-refractivity contribution < 1.29 is 23.2 Å². The molecule has 2 aliphatic heterocycles. The molecule has 2 heterocycles. The first-order valence-corrected chi connectivity index (χ1v) is 20.7. The van der Waals surface area contributed by atoms with Crippen LogP contribution in [0, 0.1) is 29.6 Å². The van der Waals surface area contributed by atoms with Crippen LogP contribution in [-0.4, -0.2) is 46.7 Å². The minimum Gasteiger partial charge on any atom is -0.458 e. The number of ketones is 1. The normalized spacial score (nSPS) is 36.9. The van der Waals surface area contributed by atoms with E-state index >= 15 is 0 Å². The van der Waals surface area contributed by atoms with Crippen LogP contribution in [0.3, 0.4) is 0 Å². The van der Waals surface area contributed by atoms with Gasteiger partial charge in [0, 0.05) is 24.9 Å². The van der Waals surface area contributed by atoms with Crippen molar-refractivity contribution in [2.45, 2.75) is 129 Å². The third-order valence-electron chi connectivity index (χ3n) is 10.9. The van der Waals surface area contributed by atoms with Crippen LogP contribution in [0.4, 0.5) is 0 Å². The molecule has 8 atom stereocenters. The van der Waals surface area contributed by atoms with E-state index in [1.165, 1.54) is 0 Å². The predicted octanol–water partition coefficient (Wildman–Crippen LogP) is 7.45. The Labute approximate surface area is 233 Å². The molecule has 0 amide bonds. The molecule has 38 heavy (non-hydrogen) atoms. The second-order valence-corrected chi connectivity index (χ2v) is 22.0. The summed E-state index contributed by atoms with van der Waals surface area (Å²) in [6, 6.07) is 6.73. The van der Waals surface area contributed by atoms with Gasteiger partial charge in [-0.3, -0.25) is 4.79 Å². The van der Waals surface area contributed by atoms with Crippen LogP contribution in [-0.2, 0) is 23.2 Å². The van der Waals surface area contributed by atoms with E-state index < -0.39 is 22.6 Å². The summed E-state index contributed by atoms with van der Waals surface area (Å²) in [6.45, 7) is 16.0. The second kappa shape index (κ2) is 12.2. The number of rotatable bonds is 10. The average Bonchev–Trinajstić information content (AvgIpc) is 3.23. The van der Waals surface area contributed by atoms with Gasteiger partial charge >= 0.3 is 5.97 Å². The Kier molecular flexibility index (Phi) is 9.64. The summed E-state index contributed by atoms with van der Waals surface area (Å²) in [7, 11) is -3.62. The van der Waals surface area contributed by atoms with Gasteiger partial charge in [-0.2, -0.15) is 0 Å². The van der Waals surface area contributed by atoms with Gasteiger partial charge < -0.3 is 13.6 Å². The maximum Gasteiger partial charge on any atom is 0.341 e. The molecule has 0 aromatic carbocycles. The molecule has 3 aliphatic carbocycles. The molecule has 7 heteroatoms. The first-order chi connectivity index (χ1) is 18.2. The third-order valence-corrected chi connectivity index (χ3v) is 20.3. The van der Waals surface area contributed by atoms with Crippen LogP contribution in [0.5, 0.6) is 0 Å². The zero-order chi connectivity index (χ0) is 27.7. The summed E-state index contributed by atoms with van der Waals surface area (Å²) in [5, 5.41) is 0. The van der Waals surface area contributed by atoms with E-state index in [0.29, 0.717) is 29.7 Å². The Morgan fingerprint density at radius 2 is 1.42 bits per heavy atom. The van der Waals surface area contributed by atoms with Crippen molar-refractivity contribution in [3.8, 4) is 0 Å². The van der Waals surface area contributed by atoms with E-state index in [2.05, 4.69) is 60.6 Å². The number of esters is 1. The minimum absolute atomic E-state index is 0.0140. The monoisotopic (exact) mass is 560 g/mol. The van der Waals surface area contributed by atoms with Crippen LogP contribution in [0.2, 0.25) is 36.3 Å². The largest absolute Gasteiger partial charge is 0.458 e. The van der Waals surface area contributed by atoms with Crippen LogP contribution in [0.15, 0.2) is 23.8 Å². The lowest BCUT2D eigenvalue weighted by atomic mass is 9.68. The molecule has 2 fully saturated rings. The minimum atomic E-state index is -1.86. The number of Topliss-reactive ketones (excluding diaryl/α,β-unsaturated/α-hetero) is 1. The van der Waals surface area contributed by atoms with Gasteiger partial charge in [0.2, 0.25) is 0 Å². The van der Waals surface area contributed by atoms with Crippen molar-refractivity contribution in [1.29, 1.82) is 0 Å². The summed E-state index contributed by atoms with van der Waals surface area (Å²) in [6.07, 6.45) is 9.67. The number of allylic oxidation sites excluding steroid dienone is 2. The molecule has 0 unspecified atom stereocenters. The summed E-state index contributed by atoms with van der Waals surface area (Å²) in [5.74, 6) is 1.10. The van der Waals surface area contributed by atoms with Gasteiger partial charge in [-0.15, -0.1) is 0 Å². The molecule has 5 aliphatic rings. The summed E-state index contributed by atoms with van der Waals surface area (Å²) < 4.78 is 20.0. The lowest BCUT2D eigenvalue weighted by molar-refractivity contribution is -0.152. The van der Waals surface area contributed by atoms with Gasteiger partial charge in [0.05, 0.1) is 11.7 Å². The van der Waals surface area contributed by atoms with Crippen molar-refractivity contribution in [2.24, 2.45) is 29.6 Å². The van der Waals surface area contributed by atoms with E-state index in [1.807, 2.05) is 6.08 Å². The van der Waals surface area contributed by atoms with E-state index in [-0.39, 0.29) is 42.4 Å². The van der Waals surface area contributed by atoms with Gasteiger partial charge in [0.1, 0.15) is 6.10 Å². The molecule has 0 aromatic heterocycles. The Morgan fingerprint density at radius 1 is 0.816 bits per heavy atom. The number of carbonyl (C=O) groups excluding carboxylic acids is 2. The van der Waals surface area contributed by atoms with E-state index in [4.69, 9.17) is 13.6 Å². The lowest BCUT2D eigenvalue weighted by Gasteiger charge is -2.43. The zero-order valence-electron chi connectivity index (χ0n) is 25.0. The molecule has 214 valence electrons. The topological polar surface area (TPSA) is 61.8 Å². The van der Waals surface area contributed by atoms with Crippen LogP contribution < -0.4 is 0 Å². The predicted molar refractivity (Wildman–Crippen MR) is 158 cm³/mol. The highest BCUT2D eigenvalue weighted by atomic mass is 28.4. The Bertz CT molecular complexity index is 885. The van der Waals surface area contributed by atoms with Gasteiger partial charge in [-0.05, 0) is 72.8 Å². The Morgan fingerprint density at radius 3 is 2.00 bits per heavy atom. The Balaban J connectivity index is 1.70. The van der Waals surface area contributed by atoms with Crippen molar-refractivity contribution >= 4 is 28.4 Å². The average molecular weight is 561 g/mol. The molecular formula is C31H52O5Si2. The van der Waals surface area contributed by atoms with Crippen molar-refractivity contribution in [2.75, 3.05) is 0 Å². The first kappa shape index (κ1) is 29.9. The van der Waals surface area contributed by atoms with E-state index in [1.54, 1.807) is 0 Å². The maximum absolute atomic E-state index is 13.2. The molecule has 2 bridgehead atoms. The van der Waals surface area contributed by atoms with Gasteiger partial charge in [-0.25, -0.2) is 4.79 Å². The molecule has 0 aromatic rings. The van der Waals surface area contributed by atoms with E-state index in [0.717, 1.165) is 49.1 Å². The van der Waals surface area contributed by atoms with Crippen molar-refractivity contribution in [3.05, 3.63) is 23.8 Å². The van der Waals surface area contributed by atoms with Gasteiger partial charge in [0.15, 0.2) is 22.4 Å². The molecule has 5 rings (SSSR count). The van der Waals surface area contributed by atoms with Crippen LogP contribution in [0.25, 0.3) is 0 Å². The SMILES string of the molecule is CC[Si](CC)(CC)O[C@H]1C[C@@H]2CC(=O)/C(=C/[C@@H]3[C@H]4C[C@H](C)[C@H](O[Si](CC)(CC)CC)[C@H]4C=C[C@@H]3C1)C(=O)O2. The summed E-state index contributed by atoms with van der Waals surface area (Å²) >= 11 is 0. The molecule has 1 saturated carbocycles. The molecule has 5 nitrogen and oxygen atoms in total. The smallest absolute Gasteiger partial charge is 0.341 e. The quantitative estimate of drug-likeness (QED) is 0.120. The number of ether oxygens (including phenoxy) is 1. The fourth-order valence-electron chi connectivity index (χ4n) is 8.01. The second-order valence-electron chi connectivity index (χ2n) is 12.6. The van der Waals surface area contributed by atoms with Gasteiger partial charge in [-0.1, -0.05) is 66.7 Å². The highest BCUT2D eigenvalue weighted by molar-refractivity contribution is 6.74. The zero-order valence-corrected chi connectivity index (χ0v) is 27.0. The highest BCUT2D eigenvalue weighted by Crippen LogP contribution is 2.52. The van der Waals surface area contributed by atoms with Crippen LogP contribution >= 0.6 is 0 Å². The lowest BCUT2D eigenvalue weighted by Crippen LogP contribution is -2.46. The molecule has 0 N–H and O–H groups in total. The number of fused-ring (bicyclic) bond motifs is 5. The summed E-state index contributed by atoms with van der Waals surface area (Å²) in [4.78, 5) is 26.3. The number of carbonyl (C=O) groups is 2. The van der Waals surface area contributed by atoms with Crippen molar-refractivity contribution in [1.82, 2.24) is 0 Å². The van der Waals surface area contributed by atoms with Crippen molar-refractivity contribution in [3.63, 3.8) is 0 Å². The molecule has 1 saturated heterocycles. The molecular weight excluding hydrogens is 509 g/mol. The van der Waals surface area contributed by atoms with Crippen LogP contribution in [0.1, 0.15) is 74.1 Å². The fourth-order valence-corrected chi connectivity index (χ4v) is 13.9. The van der Waals surface area contributed by atoms with Gasteiger partial charge in [0.25, 0.3) is 0 Å². The molecule has 0 radical (unpaired) electrons. The van der Waals surface area contributed by atoms with E-state index in [9.17, 15) is 9.59 Å². The Hall–Kier alpha value is -1.03. The fraction of sp³-hybridized carbons (Fsp3) is 0.806. The maximum atomic E-state index is 13.2. The highest BCUT2D eigenvalue weighted by Gasteiger charge is 2.51. The third kappa shape index (κ3) is 5.72. The molecule has 0 spiro atoms. The first-order valence-electron chi connectivity index (χ1n) is 15.7.